The van der Waals surface area contributed by atoms with Crippen molar-refractivity contribution in [1.82, 2.24) is 30.0 Å². The lowest BCUT2D eigenvalue weighted by Crippen LogP contribution is -2.48. The van der Waals surface area contributed by atoms with Crippen molar-refractivity contribution in [1.29, 1.82) is 0 Å². The summed E-state index contributed by atoms with van der Waals surface area (Å²) >= 11 is 0. The van der Waals surface area contributed by atoms with Gasteiger partial charge in [-0.25, -0.2) is 4.68 Å². The van der Waals surface area contributed by atoms with Crippen LogP contribution in [0.15, 0.2) is 54.6 Å². The van der Waals surface area contributed by atoms with Gasteiger partial charge in [0.15, 0.2) is 5.82 Å². The zero-order chi connectivity index (χ0) is 21.6. The van der Waals surface area contributed by atoms with Crippen LogP contribution in [0.1, 0.15) is 36.8 Å². The second-order valence-corrected chi connectivity index (χ2v) is 8.53. The van der Waals surface area contributed by atoms with Gasteiger partial charge in [0.05, 0.1) is 19.7 Å². The number of rotatable bonds is 8. The molecule has 0 bridgehead atoms. The molecule has 1 atom stereocenters. The molecular weight excluding hydrogens is 388 g/mol. The van der Waals surface area contributed by atoms with Gasteiger partial charge in [0.25, 0.3) is 0 Å². The van der Waals surface area contributed by atoms with Gasteiger partial charge in [-0.05, 0) is 39.6 Å². The molecule has 1 fully saturated rings. The van der Waals surface area contributed by atoms with Crippen LogP contribution >= 0.6 is 0 Å². The molecule has 0 N–H and O–H groups in total. The molecule has 0 spiro atoms. The molecule has 164 valence electrons. The Hall–Kier alpha value is -2.77. The van der Waals surface area contributed by atoms with Gasteiger partial charge in [-0.3, -0.25) is 9.80 Å². The van der Waals surface area contributed by atoms with Gasteiger partial charge in [-0.2, -0.15) is 0 Å². The van der Waals surface area contributed by atoms with Gasteiger partial charge in [0.2, 0.25) is 0 Å². The van der Waals surface area contributed by atoms with Gasteiger partial charge in [0, 0.05) is 32.7 Å². The molecule has 7 nitrogen and oxygen atoms in total. The molecule has 1 aliphatic rings. The average molecular weight is 421 g/mol. The molecule has 4 rings (SSSR count). The molecule has 1 aromatic heterocycles. The van der Waals surface area contributed by atoms with Crippen LogP contribution in [0, 0.1) is 5.92 Å². The quantitative estimate of drug-likeness (QED) is 0.558. The molecule has 1 unspecified atom stereocenters. The van der Waals surface area contributed by atoms with Gasteiger partial charge in [0.1, 0.15) is 5.75 Å². The average Bonchev–Trinajstić information content (AvgIpc) is 3.23. The molecule has 0 amide bonds. The molecule has 2 aromatic carbocycles. The van der Waals surface area contributed by atoms with Gasteiger partial charge < -0.3 is 4.74 Å². The van der Waals surface area contributed by atoms with Crippen molar-refractivity contribution in [3.8, 4) is 5.75 Å². The third-order valence-corrected chi connectivity index (χ3v) is 6.00. The monoisotopic (exact) mass is 420 g/mol. The predicted octanol–water partition coefficient (Wildman–Crippen LogP) is 3.24. The Morgan fingerprint density at radius 3 is 2.19 bits per heavy atom. The van der Waals surface area contributed by atoms with E-state index in [0.29, 0.717) is 12.5 Å². The SMILES string of the molecule is COc1ccc(Cn2nnnc2C(C(C)C)N2CCN(Cc3ccccc3)CC2)cc1. The Morgan fingerprint density at radius 2 is 1.55 bits per heavy atom. The van der Waals surface area contributed by atoms with E-state index >= 15 is 0 Å². The summed E-state index contributed by atoms with van der Waals surface area (Å²) in [7, 11) is 1.68. The van der Waals surface area contributed by atoms with E-state index < -0.39 is 0 Å². The Morgan fingerprint density at radius 1 is 0.871 bits per heavy atom. The van der Waals surface area contributed by atoms with E-state index in [1.165, 1.54) is 5.56 Å². The Balaban J connectivity index is 1.43. The lowest BCUT2D eigenvalue weighted by Gasteiger charge is -2.40. The number of nitrogens with zero attached hydrogens (tertiary/aromatic N) is 6. The summed E-state index contributed by atoms with van der Waals surface area (Å²) in [6.45, 7) is 10.3. The lowest BCUT2D eigenvalue weighted by molar-refractivity contribution is 0.0664. The molecular formula is C24H32N6O. The largest absolute Gasteiger partial charge is 0.497 e. The highest BCUT2D eigenvalue weighted by Crippen LogP contribution is 2.28. The summed E-state index contributed by atoms with van der Waals surface area (Å²) in [6, 6.07) is 19.0. The third-order valence-electron chi connectivity index (χ3n) is 6.00. The molecule has 0 radical (unpaired) electrons. The van der Waals surface area contributed by atoms with Crippen molar-refractivity contribution >= 4 is 0 Å². The van der Waals surface area contributed by atoms with Crippen molar-refractivity contribution in [2.45, 2.75) is 33.0 Å². The fourth-order valence-corrected chi connectivity index (χ4v) is 4.36. The lowest BCUT2D eigenvalue weighted by atomic mass is 10.0. The summed E-state index contributed by atoms with van der Waals surface area (Å²) < 4.78 is 7.21. The van der Waals surface area contributed by atoms with Gasteiger partial charge in [-0.1, -0.05) is 56.3 Å². The topological polar surface area (TPSA) is 59.3 Å². The Kier molecular flexibility index (Phi) is 6.94. The molecule has 3 aromatic rings. The Labute approximate surface area is 184 Å². The van der Waals surface area contributed by atoms with Crippen molar-refractivity contribution in [2.75, 3.05) is 33.3 Å². The summed E-state index contributed by atoms with van der Waals surface area (Å²) in [5.41, 5.74) is 2.53. The molecule has 1 aliphatic heterocycles. The predicted molar refractivity (Wildman–Crippen MR) is 121 cm³/mol. The van der Waals surface area contributed by atoms with E-state index in [-0.39, 0.29) is 6.04 Å². The Bertz CT molecular complexity index is 932. The minimum Gasteiger partial charge on any atom is -0.497 e. The maximum absolute atomic E-state index is 5.27. The first-order valence-electron chi connectivity index (χ1n) is 11.0. The third kappa shape index (κ3) is 5.29. The minimum atomic E-state index is 0.201. The summed E-state index contributed by atoms with van der Waals surface area (Å²) in [6.07, 6.45) is 0. The molecule has 7 heteroatoms. The number of hydrogen-bond acceptors (Lipinski definition) is 6. The second-order valence-electron chi connectivity index (χ2n) is 8.53. The number of benzene rings is 2. The maximum atomic E-state index is 5.27. The number of tetrazole rings is 1. The molecule has 2 heterocycles. The molecule has 1 saturated heterocycles. The first-order valence-corrected chi connectivity index (χ1v) is 11.0. The van der Waals surface area contributed by atoms with E-state index in [9.17, 15) is 0 Å². The van der Waals surface area contributed by atoms with Crippen LogP contribution in [0.4, 0.5) is 0 Å². The molecule has 31 heavy (non-hydrogen) atoms. The van der Waals surface area contributed by atoms with Crippen LogP contribution in [-0.2, 0) is 13.1 Å². The van der Waals surface area contributed by atoms with Crippen LogP contribution < -0.4 is 4.74 Å². The zero-order valence-electron chi connectivity index (χ0n) is 18.7. The van der Waals surface area contributed by atoms with E-state index in [1.807, 2.05) is 16.8 Å². The normalized spacial score (nSPS) is 16.5. The van der Waals surface area contributed by atoms with Crippen molar-refractivity contribution in [3.63, 3.8) is 0 Å². The van der Waals surface area contributed by atoms with Gasteiger partial charge >= 0.3 is 0 Å². The number of methoxy groups -OCH3 is 1. The van der Waals surface area contributed by atoms with Crippen LogP contribution in [0.25, 0.3) is 0 Å². The van der Waals surface area contributed by atoms with Crippen LogP contribution in [-0.4, -0.2) is 63.3 Å². The zero-order valence-corrected chi connectivity index (χ0v) is 18.7. The fraction of sp³-hybridized carbons (Fsp3) is 0.458. The van der Waals surface area contributed by atoms with Crippen LogP contribution in [0.5, 0.6) is 5.75 Å². The maximum Gasteiger partial charge on any atom is 0.169 e. The standard InChI is InChI=1S/C24H32N6O/c1-19(2)23(29-15-13-28(14-16-29)17-20-7-5-4-6-8-20)24-25-26-27-30(24)18-21-9-11-22(31-3)12-10-21/h4-12,19,23H,13-18H2,1-3H3. The number of aromatic nitrogens is 4. The number of piperazine rings is 1. The van der Waals surface area contributed by atoms with E-state index in [2.05, 4.69) is 81.6 Å². The first-order chi connectivity index (χ1) is 15.1. The van der Waals surface area contributed by atoms with Crippen LogP contribution in [0.3, 0.4) is 0 Å². The van der Waals surface area contributed by atoms with E-state index in [4.69, 9.17) is 4.74 Å². The summed E-state index contributed by atoms with van der Waals surface area (Å²) in [5.74, 6) is 2.22. The molecule has 0 aliphatic carbocycles. The van der Waals surface area contributed by atoms with E-state index in [0.717, 1.165) is 49.9 Å². The fourth-order valence-electron chi connectivity index (χ4n) is 4.36. The number of hydrogen-bond donors (Lipinski definition) is 0. The highest BCUT2D eigenvalue weighted by Gasteiger charge is 2.31. The smallest absolute Gasteiger partial charge is 0.169 e. The van der Waals surface area contributed by atoms with Crippen molar-refractivity contribution in [2.24, 2.45) is 5.92 Å². The highest BCUT2D eigenvalue weighted by molar-refractivity contribution is 5.27. The highest BCUT2D eigenvalue weighted by atomic mass is 16.5. The molecule has 0 saturated carbocycles. The summed E-state index contributed by atoms with van der Waals surface area (Å²) in [4.78, 5) is 5.08. The van der Waals surface area contributed by atoms with Gasteiger partial charge in [-0.15, -0.1) is 5.10 Å². The second kappa shape index (κ2) is 10.0. The van der Waals surface area contributed by atoms with Crippen molar-refractivity contribution < 1.29 is 4.74 Å². The van der Waals surface area contributed by atoms with Crippen LogP contribution in [0.2, 0.25) is 0 Å². The van der Waals surface area contributed by atoms with Crippen molar-refractivity contribution in [3.05, 3.63) is 71.5 Å². The number of ether oxygens (including phenoxy) is 1. The summed E-state index contributed by atoms with van der Waals surface area (Å²) in [5, 5.41) is 12.8. The van der Waals surface area contributed by atoms with E-state index in [1.54, 1.807) is 7.11 Å². The minimum absolute atomic E-state index is 0.201. The first kappa shape index (κ1) is 21.5.